The van der Waals surface area contributed by atoms with Crippen LogP contribution < -0.4 is 5.32 Å². The lowest BCUT2D eigenvalue weighted by atomic mass is 10.1. The van der Waals surface area contributed by atoms with Crippen molar-refractivity contribution in [1.82, 2.24) is 24.7 Å². The van der Waals surface area contributed by atoms with Gasteiger partial charge in [-0.05, 0) is 12.1 Å². The fourth-order valence-electron chi connectivity index (χ4n) is 1.79. The number of carbonyl (C=O) groups excluding carboxylic acids is 1. The van der Waals surface area contributed by atoms with Crippen LogP contribution in [0.1, 0.15) is 10.4 Å². The number of nitrogens with zero attached hydrogens (tertiary/aromatic N) is 5. The fraction of sp³-hybridized carbons (Fsp3) is 0.0714. The molecule has 0 fully saturated rings. The summed E-state index contributed by atoms with van der Waals surface area (Å²) in [5.41, 5.74) is 1.38. The van der Waals surface area contributed by atoms with Gasteiger partial charge in [0.25, 0.3) is 5.91 Å². The fourth-order valence-corrected chi connectivity index (χ4v) is 1.79. The van der Waals surface area contributed by atoms with Gasteiger partial charge in [0, 0.05) is 30.6 Å². The van der Waals surface area contributed by atoms with Crippen molar-refractivity contribution in [2.45, 2.75) is 0 Å². The highest BCUT2D eigenvalue weighted by Gasteiger charge is 2.08. The van der Waals surface area contributed by atoms with Crippen LogP contribution in [-0.2, 0) is 7.05 Å². The van der Waals surface area contributed by atoms with E-state index in [2.05, 4.69) is 25.4 Å². The number of amides is 1. The first kappa shape index (κ1) is 12.9. The Morgan fingerprint density at radius 1 is 1.14 bits per heavy atom. The summed E-state index contributed by atoms with van der Waals surface area (Å²) in [7, 11) is 1.80. The van der Waals surface area contributed by atoms with Crippen LogP contribution in [0.2, 0.25) is 0 Å². The third-order valence-corrected chi connectivity index (χ3v) is 2.81. The van der Waals surface area contributed by atoms with Crippen molar-refractivity contribution in [3.63, 3.8) is 0 Å². The monoisotopic (exact) mass is 280 g/mol. The molecule has 0 saturated carbocycles. The molecule has 0 atom stereocenters. The molecule has 2 heterocycles. The molecular weight excluding hydrogens is 268 g/mol. The predicted molar refractivity (Wildman–Crippen MR) is 76.4 cm³/mol. The van der Waals surface area contributed by atoms with Crippen molar-refractivity contribution in [3.05, 3.63) is 54.7 Å². The minimum absolute atomic E-state index is 0.240. The number of aromatic nitrogens is 5. The maximum Gasteiger partial charge on any atom is 0.256 e. The lowest BCUT2D eigenvalue weighted by Crippen LogP contribution is -2.12. The quantitative estimate of drug-likeness (QED) is 0.786. The average Bonchev–Trinajstić information content (AvgIpc) is 2.95. The molecule has 0 aliphatic rings. The Hall–Kier alpha value is -3.09. The lowest BCUT2D eigenvalue weighted by Gasteiger charge is -2.04. The smallest absolute Gasteiger partial charge is 0.256 e. The number of aryl methyl sites for hydroxylation is 1. The zero-order chi connectivity index (χ0) is 14.7. The molecule has 104 valence electrons. The number of hydrogen-bond acceptors (Lipinski definition) is 5. The Labute approximate surface area is 120 Å². The molecule has 0 unspecified atom stereocenters. The maximum atomic E-state index is 12.1. The second kappa shape index (κ2) is 5.49. The minimum atomic E-state index is -0.240. The van der Waals surface area contributed by atoms with Crippen LogP contribution in [0, 0.1) is 0 Å². The summed E-state index contributed by atoms with van der Waals surface area (Å²) in [5.74, 6) is 0.799. The van der Waals surface area contributed by atoms with Gasteiger partial charge in [0.15, 0.2) is 11.6 Å². The van der Waals surface area contributed by atoms with E-state index >= 15 is 0 Å². The number of nitrogens with one attached hydrogen (secondary N) is 1. The molecule has 0 aliphatic carbocycles. The Morgan fingerprint density at radius 2 is 1.95 bits per heavy atom. The average molecular weight is 280 g/mol. The van der Waals surface area contributed by atoms with Crippen LogP contribution in [0.3, 0.4) is 0 Å². The van der Waals surface area contributed by atoms with E-state index in [1.165, 1.54) is 12.4 Å². The molecule has 0 aliphatic heterocycles. The van der Waals surface area contributed by atoms with Gasteiger partial charge in [0.05, 0.1) is 6.20 Å². The molecule has 7 heteroatoms. The van der Waals surface area contributed by atoms with E-state index in [0.717, 1.165) is 5.56 Å². The molecule has 0 bridgehead atoms. The Bertz CT molecular complexity index is 751. The van der Waals surface area contributed by atoms with Crippen LogP contribution in [0.4, 0.5) is 5.82 Å². The van der Waals surface area contributed by atoms with Crippen molar-refractivity contribution in [2.24, 2.45) is 7.05 Å². The van der Waals surface area contributed by atoms with Crippen molar-refractivity contribution >= 4 is 11.7 Å². The van der Waals surface area contributed by atoms with Crippen LogP contribution in [0.25, 0.3) is 11.4 Å². The predicted octanol–water partition coefficient (Wildman–Crippen LogP) is 1.52. The molecule has 21 heavy (non-hydrogen) atoms. The molecule has 0 saturated heterocycles. The summed E-state index contributed by atoms with van der Waals surface area (Å²) < 4.78 is 1.63. The van der Waals surface area contributed by atoms with Gasteiger partial charge < -0.3 is 5.32 Å². The SMILES string of the molecule is Cn1cnc(-c2ccc(C(=O)Nc3cnccn3)cc2)n1. The normalized spacial score (nSPS) is 10.3. The Morgan fingerprint density at radius 3 is 2.57 bits per heavy atom. The van der Waals surface area contributed by atoms with Crippen LogP contribution >= 0.6 is 0 Å². The van der Waals surface area contributed by atoms with Gasteiger partial charge >= 0.3 is 0 Å². The van der Waals surface area contributed by atoms with Gasteiger partial charge in [-0.15, -0.1) is 0 Å². The van der Waals surface area contributed by atoms with E-state index in [-0.39, 0.29) is 5.91 Å². The van der Waals surface area contributed by atoms with Crippen molar-refractivity contribution < 1.29 is 4.79 Å². The highest BCUT2D eigenvalue weighted by Crippen LogP contribution is 2.15. The van der Waals surface area contributed by atoms with E-state index in [1.807, 2.05) is 0 Å². The van der Waals surface area contributed by atoms with Crippen LogP contribution in [0.15, 0.2) is 49.2 Å². The zero-order valence-corrected chi connectivity index (χ0v) is 11.3. The summed E-state index contributed by atoms with van der Waals surface area (Å²) in [6.45, 7) is 0. The molecule has 1 aromatic carbocycles. The third-order valence-electron chi connectivity index (χ3n) is 2.81. The van der Waals surface area contributed by atoms with Gasteiger partial charge in [-0.25, -0.2) is 9.97 Å². The second-order valence-corrected chi connectivity index (χ2v) is 4.36. The van der Waals surface area contributed by atoms with E-state index in [0.29, 0.717) is 17.2 Å². The number of anilines is 1. The summed E-state index contributed by atoms with van der Waals surface area (Å²) in [5, 5.41) is 6.88. The molecule has 2 aromatic heterocycles. The van der Waals surface area contributed by atoms with Crippen molar-refractivity contribution in [2.75, 3.05) is 5.32 Å². The summed E-state index contributed by atoms with van der Waals surface area (Å²) in [4.78, 5) is 24.1. The van der Waals surface area contributed by atoms with E-state index in [1.54, 1.807) is 48.5 Å². The number of rotatable bonds is 3. The zero-order valence-electron chi connectivity index (χ0n) is 11.3. The molecule has 0 spiro atoms. The Balaban J connectivity index is 1.76. The Kier molecular flexibility index (Phi) is 3.38. The number of benzene rings is 1. The minimum Gasteiger partial charge on any atom is -0.305 e. The van der Waals surface area contributed by atoms with E-state index in [4.69, 9.17) is 0 Å². The molecule has 1 amide bonds. The highest BCUT2D eigenvalue weighted by molar-refractivity contribution is 6.03. The first-order chi connectivity index (χ1) is 10.2. The molecule has 3 rings (SSSR count). The molecule has 3 aromatic rings. The van der Waals surface area contributed by atoms with Crippen molar-refractivity contribution in [3.8, 4) is 11.4 Å². The molecule has 7 nitrogen and oxygen atoms in total. The summed E-state index contributed by atoms with van der Waals surface area (Å²) in [6.07, 6.45) is 6.18. The van der Waals surface area contributed by atoms with Crippen LogP contribution in [0.5, 0.6) is 0 Å². The first-order valence-corrected chi connectivity index (χ1v) is 6.26. The van der Waals surface area contributed by atoms with Crippen LogP contribution in [-0.4, -0.2) is 30.6 Å². The number of hydrogen-bond donors (Lipinski definition) is 1. The lowest BCUT2D eigenvalue weighted by molar-refractivity contribution is 0.102. The van der Waals surface area contributed by atoms with Gasteiger partial charge in [-0.1, -0.05) is 12.1 Å². The first-order valence-electron chi connectivity index (χ1n) is 6.26. The second-order valence-electron chi connectivity index (χ2n) is 4.36. The maximum absolute atomic E-state index is 12.1. The largest absolute Gasteiger partial charge is 0.305 e. The van der Waals surface area contributed by atoms with E-state index < -0.39 is 0 Å². The topological polar surface area (TPSA) is 85.6 Å². The summed E-state index contributed by atoms with van der Waals surface area (Å²) in [6, 6.07) is 7.05. The van der Waals surface area contributed by atoms with E-state index in [9.17, 15) is 4.79 Å². The van der Waals surface area contributed by atoms with Gasteiger partial charge in [0.1, 0.15) is 6.33 Å². The van der Waals surface area contributed by atoms with Gasteiger partial charge in [-0.3, -0.25) is 14.5 Å². The van der Waals surface area contributed by atoms with Crippen molar-refractivity contribution in [1.29, 1.82) is 0 Å². The number of carbonyl (C=O) groups is 1. The molecule has 1 N–H and O–H groups in total. The van der Waals surface area contributed by atoms with Gasteiger partial charge in [-0.2, -0.15) is 5.10 Å². The third kappa shape index (κ3) is 2.92. The molecule has 0 radical (unpaired) electrons. The summed E-state index contributed by atoms with van der Waals surface area (Å²) >= 11 is 0. The highest BCUT2D eigenvalue weighted by atomic mass is 16.1. The molecular formula is C14H12N6O. The van der Waals surface area contributed by atoms with Gasteiger partial charge in [0.2, 0.25) is 0 Å². The standard InChI is InChI=1S/C14H12N6O/c1-20-9-17-13(19-20)10-2-4-11(5-3-10)14(21)18-12-8-15-6-7-16-12/h2-9H,1H3,(H,16,18,21).